The number of nitrogens with one attached hydrogen (secondary N) is 1. The van der Waals surface area contributed by atoms with E-state index in [0.717, 1.165) is 22.1 Å². The number of amides is 1. The van der Waals surface area contributed by atoms with E-state index in [9.17, 15) is 4.79 Å². The standard InChI is InChI=1S/C22H19N3O3/c1-15(18-11-12-21(27-2)20-6-4-3-5-19(18)20)24-25-22(26)14-28-17-9-7-16(13-23)8-10-17/h3-12H,14H2,1-2H3,(H,25,26)/b24-15-. The fraction of sp³-hybridized carbons (Fsp3) is 0.136. The highest BCUT2D eigenvalue weighted by molar-refractivity contribution is 6.11. The van der Waals surface area contributed by atoms with E-state index in [-0.39, 0.29) is 12.5 Å². The number of hydrogen-bond acceptors (Lipinski definition) is 5. The number of hydrazone groups is 1. The molecule has 0 fully saturated rings. The maximum atomic E-state index is 12.0. The average molecular weight is 373 g/mol. The fourth-order valence-electron chi connectivity index (χ4n) is 2.78. The molecule has 0 heterocycles. The molecule has 3 aromatic rings. The first-order valence-corrected chi connectivity index (χ1v) is 8.64. The van der Waals surface area contributed by atoms with E-state index >= 15 is 0 Å². The Morgan fingerprint density at radius 3 is 2.46 bits per heavy atom. The van der Waals surface area contributed by atoms with Crippen molar-refractivity contribution in [3.63, 3.8) is 0 Å². The van der Waals surface area contributed by atoms with Crippen LogP contribution in [0.3, 0.4) is 0 Å². The third kappa shape index (κ3) is 4.27. The summed E-state index contributed by atoms with van der Waals surface area (Å²) in [6.45, 7) is 1.65. The number of hydrogen-bond donors (Lipinski definition) is 1. The largest absolute Gasteiger partial charge is 0.496 e. The maximum absolute atomic E-state index is 12.0. The van der Waals surface area contributed by atoms with Crippen molar-refractivity contribution >= 4 is 22.4 Å². The second-order valence-corrected chi connectivity index (χ2v) is 6.02. The molecule has 0 aliphatic rings. The Hall–Kier alpha value is -3.85. The van der Waals surface area contributed by atoms with Gasteiger partial charge in [-0.15, -0.1) is 0 Å². The zero-order valence-corrected chi connectivity index (χ0v) is 15.6. The first-order chi connectivity index (χ1) is 13.6. The summed E-state index contributed by atoms with van der Waals surface area (Å²) in [5.74, 6) is 0.921. The van der Waals surface area contributed by atoms with Gasteiger partial charge in [-0.2, -0.15) is 10.4 Å². The lowest BCUT2D eigenvalue weighted by atomic mass is 10.0. The predicted molar refractivity (Wildman–Crippen MR) is 108 cm³/mol. The summed E-state index contributed by atoms with van der Waals surface area (Å²) < 4.78 is 10.8. The molecule has 0 aromatic heterocycles. The van der Waals surface area contributed by atoms with Crippen LogP contribution in [0.15, 0.2) is 65.8 Å². The van der Waals surface area contributed by atoms with Gasteiger partial charge < -0.3 is 9.47 Å². The summed E-state index contributed by atoms with van der Waals surface area (Å²) in [7, 11) is 1.64. The third-order valence-electron chi connectivity index (χ3n) is 4.20. The lowest BCUT2D eigenvalue weighted by Gasteiger charge is -2.10. The van der Waals surface area contributed by atoms with Crippen molar-refractivity contribution in [3.05, 3.63) is 71.8 Å². The fourth-order valence-corrected chi connectivity index (χ4v) is 2.78. The van der Waals surface area contributed by atoms with Gasteiger partial charge >= 0.3 is 0 Å². The molecule has 1 N–H and O–H groups in total. The van der Waals surface area contributed by atoms with E-state index < -0.39 is 0 Å². The van der Waals surface area contributed by atoms with Gasteiger partial charge in [-0.05, 0) is 48.7 Å². The number of rotatable bonds is 6. The minimum Gasteiger partial charge on any atom is -0.496 e. The summed E-state index contributed by atoms with van der Waals surface area (Å²) >= 11 is 0. The van der Waals surface area contributed by atoms with Crippen molar-refractivity contribution in [3.8, 4) is 17.6 Å². The van der Waals surface area contributed by atoms with Crippen molar-refractivity contribution < 1.29 is 14.3 Å². The molecule has 6 nitrogen and oxygen atoms in total. The summed E-state index contributed by atoms with van der Waals surface area (Å²) in [5.41, 5.74) is 4.62. The number of methoxy groups -OCH3 is 1. The monoisotopic (exact) mass is 373 g/mol. The van der Waals surface area contributed by atoms with Crippen molar-refractivity contribution in [1.29, 1.82) is 5.26 Å². The SMILES string of the molecule is COc1ccc(/C(C)=N\NC(=O)COc2ccc(C#N)cc2)c2ccccc12. The number of nitriles is 1. The lowest BCUT2D eigenvalue weighted by molar-refractivity contribution is -0.123. The molecule has 0 bridgehead atoms. The van der Waals surface area contributed by atoms with Crippen molar-refractivity contribution in [2.24, 2.45) is 5.10 Å². The minimum absolute atomic E-state index is 0.175. The molecule has 3 rings (SSSR count). The van der Waals surface area contributed by atoms with E-state index in [1.54, 1.807) is 31.4 Å². The molecule has 0 spiro atoms. The molecule has 0 saturated carbocycles. The first kappa shape index (κ1) is 18.9. The van der Waals surface area contributed by atoms with E-state index in [2.05, 4.69) is 10.5 Å². The summed E-state index contributed by atoms with van der Waals surface area (Å²) in [6, 6.07) is 20.2. The Morgan fingerprint density at radius 2 is 1.79 bits per heavy atom. The molecule has 140 valence electrons. The topological polar surface area (TPSA) is 83.7 Å². The summed E-state index contributed by atoms with van der Waals surface area (Å²) in [5, 5.41) is 14.9. The third-order valence-corrected chi connectivity index (χ3v) is 4.20. The van der Waals surface area contributed by atoms with Crippen LogP contribution >= 0.6 is 0 Å². The van der Waals surface area contributed by atoms with Crippen LogP contribution in [0.2, 0.25) is 0 Å². The molecule has 28 heavy (non-hydrogen) atoms. The molecule has 3 aromatic carbocycles. The Bertz CT molecular complexity index is 1070. The zero-order chi connectivity index (χ0) is 19.9. The van der Waals surface area contributed by atoms with Gasteiger partial charge in [0.2, 0.25) is 0 Å². The molecule has 0 unspecified atom stereocenters. The van der Waals surface area contributed by atoms with Crippen LogP contribution in [-0.2, 0) is 4.79 Å². The molecular weight excluding hydrogens is 354 g/mol. The second kappa shape index (κ2) is 8.69. The van der Waals surface area contributed by atoms with Gasteiger partial charge in [0.1, 0.15) is 11.5 Å². The quantitative estimate of drug-likeness (QED) is 0.528. The van der Waals surface area contributed by atoms with E-state index in [4.69, 9.17) is 14.7 Å². The number of carbonyl (C=O) groups is 1. The summed E-state index contributed by atoms with van der Waals surface area (Å²) in [4.78, 5) is 12.0. The van der Waals surface area contributed by atoms with Crippen LogP contribution in [0.25, 0.3) is 10.8 Å². The van der Waals surface area contributed by atoms with Gasteiger partial charge in [0.05, 0.1) is 24.5 Å². The van der Waals surface area contributed by atoms with Crippen LogP contribution in [0.4, 0.5) is 0 Å². The van der Waals surface area contributed by atoms with Gasteiger partial charge in [0, 0.05) is 10.9 Å². The first-order valence-electron chi connectivity index (χ1n) is 8.64. The molecular formula is C22H19N3O3. The molecule has 0 aliphatic carbocycles. The Labute approximate surface area is 163 Å². The number of nitrogens with zero attached hydrogens (tertiary/aromatic N) is 2. The molecule has 1 amide bonds. The average Bonchev–Trinajstić information content (AvgIpc) is 2.75. The van der Waals surface area contributed by atoms with Gasteiger partial charge in [-0.3, -0.25) is 4.79 Å². The minimum atomic E-state index is -0.374. The van der Waals surface area contributed by atoms with E-state index in [0.29, 0.717) is 17.0 Å². The van der Waals surface area contributed by atoms with E-state index in [1.807, 2.05) is 49.4 Å². The van der Waals surface area contributed by atoms with Crippen LogP contribution in [0.1, 0.15) is 18.1 Å². The van der Waals surface area contributed by atoms with Crippen LogP contribution < -0.4 is 14.9 Å². The van der Waals surface area contributed by atoms with Crippen molar-refractivity contribution in [1.82, 2.24) is 5.43 Å². The number of carbonyl (C=O) groups excluding carboxylic acids is 1. The summed E-state index contributed by atoms with van der Waals surface area (Å²) in [6.07, 6.45) is 0. The molecule has 6 heteroatoms. The number of benzene rings is 3. The Kier molecular flexibility index (Phi) is 5.87. The van der Waals surface area contributed by atoms with Crippen LogP contribution in [0, 0.1) is 11.3 Å². The second-order valence-electron chi connectivity index (χ2n) is 6.02. The number of fused-ring (bicyclic) bond motifs is 1. The zero-order valence-electron chi connectivity index (χ0n) is 15.6. The molecule has 0 atom stereocenters. The van der Waals surface area contributed by atoms with Gasteiger partial charge in [0.25, 0.3) is 5.91 Å². The van der Waals surface area contributed by atoms with Crippen molar-refractivity contribution in [2.45, 2.75) is 6.92 Å². The lowest BCUT2D eigenvalue weighted by Crippen LogP contribution is -2.25. The highest BCUT2D eigenvalue weighted by atomic mass is 16.5. The molecule has 0 saturated heterocycles. The molecule has 0 aliphatic heterocycles. The smallest absolute Gasteiger partial charge is 0.277 e. The highest BCUT2D eigenvalue weighted by Crippen LogP contribution is 2.28. The Morgan fingerprint density at radius 1 is 1.07 bits per heavy atom. The van der Waals surface area contributed by atoms with Gasteiger partial charge in [-0.25, -0.2) is 5.43 Å². The van der Waals surface area contributed by atoms with Crippen LogP contribution in [0.5, 0.6) is 11.5 Å². The van der Waals surface area contributed by atoms with Crippen molar-refractivity contribution in [2.75, 3.05) is 13.7 Å². The number of ether oxygens (including phenoxy) is 2. The predicted octanol–water partition coefficient (Wildman–Crippen LogP) is 3.64. The van der Waals surface area contributed by atoms with Gasteiger partial charge in [0.15, 0.2) is 6.61 Å². The normalized spacial score (nSPS) is 11.0. The van der Waals surface area contributed by atoms with E-state index in [1.165, 1.54) is 0 Å². The van der Waals surface area contributed by atoms with Crippen LogP contribution in [-0.4, -0.2) is 25.3 Å². The molecule has 0 radical (unpaired) electrons. The Balaban J connectivity index is 1.68. The van der Waals surface area contributed by atoms with Gasteiger partial charge in [-0.1, -0.05) is 24.3 Å². The highest BCUT2D eigenvalue weighted by Gasteiger charge is 2.09. The maximum Gasteiger partial charge on any atom is 0.277 e.